The van der Waals surface area contributed by atoms with E-state index in [4.69, 9.17) is 17.0 Å². The van der Waals surface area contributed by atoms with Crippen LogP contribution in [0.5, 0.6) is 0 Å². The van der Waals surface area contributed by atoms with Crippen molar-refractivity contribution in [2.24, 2.45) is 0 Å². The molecule has 0 aliphatic carbocycles. The van der Waals surface area contributed by atoms with Crippen LogP contribution in [0.25, 0.3) is 0 Å². The second kappa shape index (κ2) is 7.44. The molecular weight excluding hydrogens is 329 g/mol. The Morgan fingerprint density at radius 2 is 2.00 bits per heavy atom. The maximum absolute atomic E-state index is 13.6. The summed E-state index contributed by atoms with van der Waals surface area (Å²) in [6.45, 7) is 4.99. The maximum Gasteiger partial charge on any atom is 0.251 e. The van der Waals surface area contributed by atoms with E-state index < -0.39 is 0 Å². The van der Waals surface area contributed by atoms with Crippen molar-refractivity contribution in [3.05, 3.63) is 29.6 Å². The summed E-state index contributed by atoms with van der Waals surface area (Å²) in [6, 6.07) is 4.97. The zero-order valence-electron chi connectivity index (χ0n) is 13.8. The molecule has 130 valence electrons. The molecule has 5 nitrogen and oxygen atoms in total. The first kappa shape index (κ1) is 17.1. The van der Waals surface area contributed by atoms with Gasteiger partial charge in [0.25, 0.3) is 5.91 Å². The summed E-state index contributed by atoms with van der Waals surface area (Å²) >= 11 is 5.41. The quantitative estimate of drug-likeness (QED) is 0.828. The van der Waals surface area contributed by atoms with Crippen LogP contribution in [0.1, 0.15) is 18.4 Å². The van der Waals surface area contributed by atoms with E-state index in [2.05, 4.69) is 5.32 Å². The van der Waals surface area contributed by atoms with Gasteiger partial charge < -0.3 is 19.9 Å². The van der Waals surface area contributed by atoms with Crippen molar-refractivity contribution in [3.63, 3.8) is 0 Å². The molecule has 2 fully saturated rings. The molecule has 2 aliphatic rings. The Hall–Kier alpha value is -1.73. The van der Waals surface area contributed by atoms with Crippen LogP contribution in [0.3, 0.4) is 0 Å². The number of hydrogen-bond donors (Lipinski definition) is 1. The highest BCUT2D eigenvalue weighted by atomic mass is 32.1. The number of aryl methyl sites for hydroxylation is 1. The normalized spacial score (nSPS) is 21.0. The molecule has 2 aliphatic heterocycles. The van der Waals surface area contributed by atoms with Crippen molar-refractivity contribution in [1.82, 2.24) is 9.80 Å². The van der Waals surface area contributed by atoms with Gasteiger partial charge in [0.05, 0.1) is 0 Å². The second-order valence-corrected chi connectivity index (χ2v) is 6.59. The molecule has 0 bridgehead atoms. The number of halogens is 1. The van der Waals surface area contributed by atoms with E-state index in [1.165, 1.54) is 6.07 Å². The smallest absolute Gasteiger partial charge is 0.251 e. The maximum atomic E-state index is 13.6. The summed E-state index contributed by atoms with van der Waals surface area (Å²) in [5.41, 5.74) is 1.24. The molecule has 2 saturated heterocycles. The highest BCUT2D eigenvalue weighted by Gasteiger charge is 2.30. The van der Waals surface area contributed by atoms with E-state index in [-0.39, 0.29) is 17.8 Å². The van der Waals surface area contributed by atoms with Gasteiger partial charge in [0.2, 0.25) is 0 Å². The fraction of sp³-hybridized carbons (Fsp3) is 0.529. The summed E-state index contributed by atoms with van der Waals surface area (Å²) in [5, 5.41) is 3.63. The number of hydrogen-bond acceptors (Lipinski definition) is 3. The molecule has 1 N–H and O–H groups in total. The van der Waals surface area contributed by atoms with Crippen LogP contribution in [0, 0.1) is 12.7 Å². The van der Waals surface area contributed by atoms with E-state index >= 15 is 0 Å². The number of benzene rings is 1. The Kier molecular flexibility index (Phi) is 5.30. The first-order chi connectivity index (χ1) is 11.5. The van der Waals surface area contributed by atoms with Crippen LogP contribution in [0.4, 0.5) is 10.1 Å². The van der Waals surface area contributed by atoms with Crippen LogP contribution in [0.15, 0.2) is 18.2 Å². The Morgan fingerprint density at radius 1 is 1.29 bits per heavy atom. The number of piperazine rings is 1. The number of nitrogens with zero attached hydrogens (tertiary/aromatic N) is 2. The summed E-state index contributed by atoms with van der Waals surface area (Å²) in [5.74, 6) is -0.165. The fourth-order valence-corrected chi connectivity index (χ4v) is 3.28. The Morgan fingerprint density at radius 3 is 2.62 bits per heavy atom. The molecule has 0 radical (unpaired) electrons. The molecule has 1 amide bonds. The number of anilines is 1. The third kappa shape index (κ3) is 3.84. The van der Waals surface area contributed by atoms with Crippen LogP contribution >= 0.6 is 12.2 Å². The van der Waals surface area contributed by atoms with Crippen LogP contribution < -0.4 is 5.32 Å². The molecule has 1 aromatic carbocycles. The Balaban J connectivity index is 1.51. The molecule has 1 unspecified atom stereocenters. The molecule has 24 heavy (non-hydrogen) atoms. The highest BCUT2D eigenvalue weighted by Crippen LogP contribution is 2.17. The molecule has 0 aromatic heterocycles. The van der Waals surface area contributed by atoms with Crippen LogP contribution in [-0.2, 0) is 9.53 Å². The van der Waals surface area contributed by atoms with Gasteiger partial charge in [0.1, 0.15) is 11.9 Å². The first-order valence-corrected chi connectivity index (χ1v) is 8.68. The van der Waals surface area contributed by atoms with Gasteiger partial charge >= 0.3 is 0 Å². The second-order valence-electron chi connectivity index (χ2n) is 6.21. The minimum atomic E-state index is -0.267. The lowest BCUT2D eigenvalue weighted by atomic mass is 10.2. The topological polar surface area (TPSA) is 44.8 Å². The van der Waals surface area contributed by atoms with Crippen molar-refractivity contribution in [2.75, 3.05) is 38.1 Å². The minimum absolute atomic E-state index is 0.0895. The number of rotatable bonds is 2. The third-order valence-electron chi connectivity index (χ3n) is 4.51. The van der Waals surface area contributed by atoms with Crippen molar-refractivity contribution < 1.29 is 13.9 Å². The van der Waals surface area contributed by atoms with Crippen LogP contribution in [-0.4, -0.2) is 59.7 Å². The summed E-state index contributed by atoms with van der Waals surface area (Å²) < 4.78 is 19.1. The molecule has 1 aromatic rings. The van der Waals surface area contributed by atoms with Crippen molar-refractivity contribution in [3.8, 4) is 0 Å². The van der Waals surface area contributed by atoms with E-state index in [1.807, 2.05) is 15.9 Å². The van der Waals surface area contributed by atoms with Gasteiger partial charge in [-0.05, 0) is 49.7 Å². The highest BCUT2D eigenvalue weighted by molar-refractivity contribution is 7.80. The number of carbonyl (C=O) groups is 1. The summed E-state index contributed by atoms with van der Waals surface area (Å²) in [6.07, 6.45) is 1.51. The van der Waals surface area contributed by atoms with Gasteiger partial charge in [0, 0.05) is 38.5 Å². The van der Waals surface area contributed by atoms with E-state index in [9.17, 15) is 9.18 Å². The zero-order valence-corrected chi connectivity index (χ0v) is 14.6. The molecule has 1 atom stereocenters. The average Bonchev–Trinajstić information content (AvgIpc) is 3.12. The van der Waals surface area contributed by atoms with E-state index in [0.717, 1.165) is 12.8 Å². The summed E-state index contributed by atoms with van der Waals surface area (Å²) in [7, 11) is 0. The third-order valence-corrected chi connectivity index (χ3v) is 4.87. The van der Waals surface area contributed by atoms with Crippen molar-refractivity contribution >= 4 is 28.9 Å². The number of carbonyl (C=O) groups excluding carboxylic acids is 1. The number of ether oxygens (including phenoxy) is 1. The first-order valence-electron chi connectivity index (χ1n) is 8.27. The molecule has 0 spiro atoms. The number of thiocarbonyl (C=S) groups is 1. The average molecular weight is 351 g/mol. The lowest BCUT2D eigenvalue weighted by Gasteiger charge is -2.37. The largest absolute Gasteiger partial charge is 0.368 e. The number of nitrogens with one attached hydrogen (secondary N) is 1. The van der Waals surface area contributed by atoms with Gasteiger partial charge in [-0.15, -0.1) is 0 Å². The lowest BCUT2D eigenvalue weighted by molar-refractivity contribution is -0.142. The monoisotopic (exact) mass is 351 g/mol. The number of amides is 1. The van der Waals surface area contributed by atoms with Crippen molar-refractivity contribution in [2.45, 2.75) is 25.9 Å². The lowest BCUT2D eigenvalue weighted by Crippen LogP contribution is -2.53. The molecular formula is C17H22FN3O2S. The van der Waals surface area contributed by atoms with Crippen molar-refractivity contribution in [1.29, 1.82) is 0 Å². The predicted molar refractivity (Wildman–Crippen MR) is 94.5 cm³/mol. The van der Waals surface area contributed by atoms with E-state index in [1.54, 1.807) is 13.0 Å². The van der Waals surface area contributed by atoms with Crippen LogP contribution in [0.2, 0.25) is 0 Å². The SMILES string of the molecule is Cc1ccc(NC(=S)N2CCN(C(=O)C3CCCO3)CC2)cc1F. The minimum Gasteiger partial charge on any atom is -0.368 e. The zero-order chi connectivity index (χ0) is 17.1. The molecule has 0 saturated carbocycles. The van der Waals surface area contributed by atoms with Gasteiger partial charge in [-0.2, -0.15) is 0 Å². The van der Waals surface area contributed by atoms with Gasteiger partial charge in [-0.3, -0.25) is 4.79 Å². The summed E-state index contributed by atoms with van der Waals surface area (Å²) in [4.78, 5) is 16.2. The molecule has 3 rings (SSSR count). The molecule has 7 heteroatoms. The fourth-order valence-electron chi connectivity index (χ4n) is 2.98. The van der Waals surface area contributed by atoms with Gasteiger partial charge in [-0.25, -0.2) is 4.39 Å². The van der Waals surface area contributed by atoms with Gasteiger partial charge in [0.15, 0.2) is 5.11 Å². The standard InChI is InChI=1S/C17H22FN3O2S/c1-12-4-5-13(11-14(12)18)19-17(24)21-8-6-20(7-9-21)16(22)15-3-2-10-23-15/h4-5,11,15H,2-3,6-10H2,1H3,(H,19,24). The molecule has 2 heterocycles. The van der Waals surface area contributed by atoms with E-state index in [0.29, 0.717) is 49.1 Å². The Bertz CT molecular complexity index is 626. The Labute approximate surface area is 146 Å². The predicted octanol–water partition coefficient (Wildman–Crippen LogP) is 2.15. The van der Waals surface area contributed by atoms with Gasteiger partial charge in [-0.1, -0.05) is 6.07 Å².